The molecule has 22 heavy (non-hydrogen) atoms. The molecule has 0 radical (unpaired) electrons. The van der Waals surface area contributed by atoms with Gasteiger partial charge < -0.3 is 9.72 Å². The monoisotopic (exact) mass is 431 g/mol. The molecule has 1 aromatic carbocycles. The number of likely N-dealkylation sites (tertiary alicyclic amines) is 1. The second-order valence-corrected chi connectivity index (χ2v) is 9.08. The van der Waals surface area contributed by atoms with E-state index >= 15 is 0 Å². The summed E-state index contributed by atoms with van der Waals surface area (Å²) < 4.78 is 7.10. The molecular formula is C16H23IN3OP. The highest BCUT2D eigenvalue weighted by molar-refractivity contribution is 14.1. The first kappa shape index (κ1) is 16.5. The maximum Gasteiger partial charge on any atom is 0.136 e. The van der Waals surface area contributed by atoms with Gasteiger partial charge in [0.1, 0.15) is 16.9 Å². The molecular weight excluding hydrogens is 408 g/mol. The molecule has 0 spiro atoms. The second kappa shape index (κ2) is 6.62. The molecule has 0 bridgehead atoms. The molecule has 1 N–H and O–H groups in total. The number of aromatic nitrogens is 2. The molecule has 1 aliphatic heterocycles. The molecule has 1 fully saturated rings. The SMILES string of the molecule is CC(C)(P)Oc1cc2nc(CN3CCCCC3)[nH]c2cc1I. The molecule has 0 aliphatic carbocycles. The van der Waals surface area contributed by atoms with Crippen LogP contribution in [-0.4, -0.2) is 33.3 Å². The molecule has 4 nitrogen and oxygen atoms in total. The van der Waals surface area contributed by atoms with Gasteiger partial charge in [0, 0.05) is 6.07 Å². The lowest BCUT2D eigenvalue weighted by atomic mass is 10.1. The van der Waals surface area contributed by atoms with Crippen molar-refractivity contribution >= 4 is 42.9 Å². The van der Waals surface area contributed by atoms with Crippen LogP contribution in [0.5, 0.6) is 5.75 Å². The van der Waals surface area contributed by atoms with E-state index in [0.717, 1.165) is 32.7 Å². The van der Waals surface area contributed by atoms with Gasteiger partial charge in [-0.3, -0.25) is 4.90 Å². The van der Waals surface area contributed by atoms with Crippen LogP contribution in [0, 0.1) is 3.57 Å². The van der Waals surface area contributed by atoms with Crippen molar-refractivity contribution in [2.45, 2.75) is 45.0 Å². The number of piperidine rings is 1. The van der Waals surface area contributed by atoms with Gasteiger partial charge in [-0.1, -0.05) is 15.7 Å². The minimum atomic E-state index is -0.277. The topological polar surface area (TPSA) is 41.1 Å². The fourth-order valence-corrected chi connectivity index (χ4v) is 3.53. The number of H-pyrrole nitrogens is 1. The first-order chi connectivity index (χ1) is 10.4. The number of imidazole rings is 1. The maximum absolute atomic E-state index is 5.99. The van der Waals surface area contributed by atoms with Crippen LogP contribution in [0.25, 0.3) is 11.0 Å². The Bertz CT molecular complexity index is 659. The summed E-state index contributed by atoms with van der Waals surface area (Å²) in [7, 11) is 2.72. The molecule has 1 unspecified atom stereocenters. The van der Waals surface area contributed by atoms with Crippen molar-refractivity contribution in [1.82, 2.24) is 14.9 Å². The predicted molar refractivity (Wildman–Crippen MR) is 102 cm³/mol. The maximum atomic E-state index is 5.99. The molecule has 3 rings (SSSR count). The number of fused-ring (bicyclic) bond motifs is 1. The van der Waals surface area contributed by atoms with Gasteiger partial charge in [0.15, 0.2) is 0 Å². The number of benzene rings is 1. The molecule has 2 heterocycles. The average molecular weight is 431 g/mol. The zero-order valence-electron chi connectivity index (χ0n) is 13.2. The lowest BCUT2D eigenvalue weighted by Crippen LogP contribution is -2.29. The van der Waals surface area contributed by atoms with Crippen LogP contribution in [0.15, 0.2) is 12.1 Å². The summed E-state index contributed by atoms with van der Waals surface area (Å²) in [6, 6.07) is 4.16. The highest BCUT2D eigenvalue weighted by atomic mass is 127. The molecule has 1 saturated heterocycles. The summed E-state index contributed by atoms with van der Waals surface area (Å²) in [6.45, 7) is 7.35. The Kier molecular flexibility index (Phi) is 4.95. The summed E-state index contributed by atoms with van der Waals surface area (Å²) in [5.41, 5.74) is 2.07. The third-order valence-corrected chi connectivity index (χ3v) is 4.74. The van der Waals surface area contributed by atoms with Crippen molar-refractivity contribution in [2.24, 2.45) is 0 Å². The number of nitrogens with zero attached hydrogens (tertiary/aromatic N) is 2. The third-order valence-electron chi connectivity index (χ3n) is 3.78. The minimum absolute atomic E-state index is 0.277. The predicted octanol–water partition coefficient (Wildman–Crippen LogP) is 4.14. The first-order valence-corrected chi connectivity index (χ1v) is 9.45. The van der Waals surface area contributed by atoms with E-state index in [9.17, 15) is 0 Å². The number of ether oxygens (including phenoxy) is 1. The fraction of sp³-hybridized carbons (Fsp3) is 0.562. The number of nitrogens with one attached hydrogen (secondary N) is 1. The standard InChI is InChI=1S/C16H23IN3OP/c1-16(2,22)21-14-9-13-12(8-11(14)17)18-15(19-13)10-20-6-4-3-5-7-20/h8-9H,3-7,10,22H2,1-2H3,(H,18,19). The number of hydrogen-bond acceptors (Lipinski definition) is 3. The normalized spacial score (nSPS) is 17.1. The van der Waals surface area contributed by atoms with E-state index in [1.807, 2.05) is 19.9 Å². The number of aromatic amines is 1. The van der Waals surface area contributed by atoms with Gasteiger partial charge in [0.25, 0.3) is 0 Å². The zero-order chi connectivity index (χ0) is 15.7. The Hall–Kier alpha value is -0.390. The Balaban J connectivity index is 1.83. The van der Waals surface area contributed by atoms with Crippen molar-refractivity contribution in [3.05, 3.63) is 21.5 Å². The zero-order valence-corrected chi connectivity index (χ0v) is 16.5. The Morgan fingerprint density at radius 3 is 2.73 bits per heavy atom. The summed E-state index contributed by atoms with van der Waals surface area (Å²) in [5.74, 6) is 1.94. The average Bonchev–Trinajstić information content (AvgIpc) is 2.80. The lowest BCUT2D eigenvalue weighted by molar-refractivity contribution is 0.205. The highest BCUT2D eigenvalue weighted by Crippen LogP contribution is 2.31. The van der Waals surface area contributed by atoms with E-state index in [1.54, 1.807) is 0 Å². The van der Waals surface area contributed by atoms with E-state index in [2.05, 4.69) is 47.8 Å². The van der Waals surface area contributed by atoms with Crippen LogP contribution < -0.4 is 4.74 Å². The molecule has 1 aromatic heterocycles. The molecule has 120 valence electrons. The van der Waals surface area contributed by atoms with Gasteiger partial charge in [-0.2, -0.15) is 0 Å². The van der Waals surface area contributed by atoms with Crippen molar-refractivity contribution < 1.29 is 4.74 Å². The third kappa shape index (κ3) is 4.12. The lowest BCUT2D eigenvalue weighted by Gasteiger charge is -2.25. The molecule has 2 aromatic rings. The highest BCUT2D eigenvalue weighted by Gasteiger charge is 2.17. The van der Waals surface area contributed by atoms with Gasteiger partial charge in [0.05, 0.1) is 21.1 Å². The molecule has 1 atom stereocenters. The summed E-state index contributed by atoms with van der Waals surface area (Å²) in [6.07, 6.45) is 3.97. The van der Waals surface area contributed by atoms with E-state index in [4.69, 9.17) is 9.72 Å². The van der Waals surface area contributed by atoms with Gasteiger partial charge in [0.2, 0.25) is 0 Å². The van der Waals surface area contributed by atoms with Crippen LogP contribution in [0.4, 0.5) is 0 Å². The van der Waals surface area contributed by atoms with Crippen LogP contribution in [-0.2, 0) is 6.54 Å². The minimum Gasteiger partial charge on any atom is -0.483 e. The van der Waals surface area contributed by atoms with Gasteiger partial charge in [-0.15, -0.1) is 0 Å². The van der Waals surface area contributed by atoms with Gasteiger partial charge >= 0.3 is 0 Å². The van der Waals surface area contributed by atoms with Gasteiger partial charge in [-0.05, 0) is 68.4 Å². The molecule has 0 saturated carbocycles. The van der Waals surface area contributed by atoms with Crippen molar-refractivity contribution in [3.8, 4) is 5.75 Å². The van der Waals surface area contributed by atoms with Crippen LogP contribution >= 0.6 is 31.8 Å². The quantitative estimate of drug-likeness (QED) is 0.585. The van der Waals surface area contributed by atoms with Crippen molar-refractivity contribution in [3.63, 3.8) is 0 Å². The summed E-state index contributed by atoms with van der Waals surface area (Å²) in [4.78, 5) is 10.7. The molecule has 0 amide bonds. The van der Waals surface area contributed by atoms with Crippen molar-refractivity contribution in [2.75, 3.05) is 13.1 Å². The van der Waals surface area contributed by atoms with Gasteiger partial charge in [-0.25, -0.2) is 4.98 Å². The van der Waals surface area contributed by atoms with E-state index < -0.39 is 0 Å². The largest absolute Gasteiger partial charge is 0.483 e. The Morgan fingerprint density at radius 2 is 2.05 bits per heavy atom. The van der Waals surface area contributed by atoms with Crippen LogP contribution in [0.1, 0.15) is 38.9 Å². The second-order valence-electron chi connectivity index (χ2n) is 6.53. The Labute approximate surface area is 147 Å². The number of rotatable bonds is 4. The number of halogens is 1. The Morgan fingerprint density at radius 1 is 1.32 bits per heavy atom. The summed E-state index contributed by atoms with van der Waals surface area (Å²) in [5, 5.41) is -0.277. The molecule has 6 heteroatoms. The summed E-state index contributed by atoms with van der Waals surface area (Å²) >= 11 is 2.32. The fourth-order valence-electron chi connectivity index (χ4n) is 2.83. The van der Waals surface area contributed by atoms with E-state index in [-0.39, 0.29) is 5.34 Å². The molecule has 1 aliphatic rings. The number of hydrogen-bond donors (Lipinski definition) is 1. The van der Waals surface area contributed by atoms with Crippen LogP contribution in [0.3, 0.4) is 0 Å². The van der Waals surface area contributed by atoms with Crippen LogP contribution in [0.2, 0.25) is 0 Å². The smallest absolute Gasteiger partial charge is 0.136 e. The van der Waals surface area contributed by atoms with Crippen molar-refractivity contribution in [1.29, 1.82) is 0 Å². The van der Waals surface area contributed by atoms with E-state index in [0.29, 0.717) is 0 Å². The first-order valence-electron chi connectivity index (χ1n) is 7.79. The van der Waals surface area contributed by atoms with E-state index in [1.165, 1.54) is 32.4 Å².